The second-order valence-electron chi connectivity index (χ2n) is 4.93. The number of phenolic OH excluding ortho intramolecular Hbond substituents is 1. The number of aliphatic imine (C=N–C) groups is 1. The summed E-state index contributed by atoms with van der Waals surface area (Å²) in [7, 11) is 0. The normalized spacial score (nSPS) is 9.32. The number of hydrogen-bond donors (Lipinski definition) is 1. The van der Waals surface area contributed by atoms with Crippen LogP contribution in [0.15, 0.2) is 53.7 Å². The quantitative estimate of drug-likeness (QED) is 0.637. The Bertz CT molecular complexity index is 678. The van der Waals surface area contributed by atoms with Crippen molar-refractivity contribution in [3.05, 3.63) is 59.9 Å². The van der Waals surface area contributed by atoms with Gasteiger partial charge in [-0.1, -0.05) is 18.2 Å². The van der Waals surface area contributed by atoms with Crippen LogP contribution in [0.1, 0.15) is 31.5 Å². The van der Waals surface area contributed by atoms with Crippen molar-refractivity contribution in [2.45, 2.75) is 26.8 Å². The van der Waals surface area contributed by atoms with Gasteiger partial charge in [0.2, 0.25) is 0 Å². The summed E-state index contributed by atoms with van der Waals surface area (Å²) in [5, 5.41) is 9.50. The van der Waals surface area contributed by atoms with Gasteiger partial charge in [0.1, 0.15) is 17.3 Å². The Labute approximate surface area is 156 Å². The van der Waals surface area contributed by atoms with E-state index < -0.39 is 0 Å². The van der Waals surface area contributed by atoms with Crippen LogP contribution >= 0.6 is 0 Å². The Morgan fingerprint density at radius 3 is 2.16 bits per heavy atom. The molecule has 0 saturated heterocycles. The molecular formula is C18H20N2O4V. The number of hydrogen-bond acceptors (Lipinski definition) is 6. The zero-order valence-electron chi connectivity index (χ0n) is 14.1. The molecule has 0 spiro atoms. The van der Waals surface area contributed by atoms with E-state index >= 15 is 0 Å². The van der Waals surface area contributed by atoms with Gasteiger partial charge in [-0.25, -0.2) is 0 Å². The minimum atomic E-state index is -0.0625. The molecule has 0 aliphatic carbocycles. The topological polar surface area (TPSA) is 96.7 Å². The molecule has 2 aromatic rings. The van der Waals surface area contributed by atoms with Crippen molar-refractivity contribution in [2.75, 3.05) is 0 Å². The van der Waals surface area contributed by atoms with Crippen LogP contribution in [-0.2, 0) is 37.2 Å². The molecule has 1 N–H and O–H groups in total. The summed E-state index contributed by atoms with van der Waals surface area (Å²) in [6, 6.07) is 12.8. The van der Waals surface area contributed by atoms with Crippen molar-refractivity contribution >= 4 is 17.8 Å². The van der Waals surface area contributed by atoms with Crippen molar-refractivity contribution < 1.29 is 35.7 Å². The molecule has 0 unspecified atom stereocenters. The van der Waals surface area contributed by atoms with Crippen LogP contribution in [0.2, 0.25) is 0 Å². The van der Waals surface area contributed by atoms with Crippen molar-refractivity contribution in [2.24, 2.45) is 4.99 Å². The van der Waals surface area contributed by atoms with Crippen LogP contribution < -0.4 is 0 Å². The maximum atomic E-state index is 10.0. The van der Waals surface area contributed by atoms with Crippen LogP contribution in [0.3, 0.4) is 0 Å². The summed E-state index contributed by atoms with van der Waals surface area (Å²) in [6.45, 7) is 3.33. The molecule has 0 bridgehead atoms. The zero-order valence-corrected chi connectivity index (χ0v) is 15.5. The van der Waals surface area contributed by atoms with Gasteiger partial charge in [-0.3, -0.25) is 19.6 Å². The molecular weight excluding hydrogens is 359 g/mol. The molecule has 1 aromatic heterocycles. The van der Waals surface area contributed by atoms with E-state index in [2.05, 4.69) is 9.98 Å². The standard InChI is InChI=1S/C13H12N2O.C5H8O2.O.V/c16-13-7-2-1-5-11(13)9-14-10-12-6-3-4-8-15-12;1-4(6)3-5(2)7;;/h1-9,16H,10H2;3H2,1-2H3;;. The number of aromatic nitrogens is 1. The Morgan fingerprint density at radius 2 is 1.68 bits per heavy atom. The Balaban J connectivity index is 0.000000544. The zero-order chi connectivity index (χ0) is 19.1. The number of Topliss-reactive ketones (excluding diaryl/α,β-unsaturated/α-hetero) is 2. The first-order chi connectivity index (χ1) is 12.0. The van der Waals surface area contributed by atoms with E-state index in [4.69, 9.17) is 3.67 Å². The van der Waals surface area contributed by atoms with Gasteiger partial charge in [0.25, 0.3) is 0 Å². The summed E-state index contributed by atoms with van der Waals surface area (Å²) >= 11 is 1.06. The van der Waals surface area contributed by atoms with E-state index in [0.717, 1.165) is 28.6 Å². The monoisotopic (exact) mass is 379 g/mol. The van der Waals surface area contributed by atoms with E-state index in [-0.39, 0.29) is 23.7 Å². The van der Waals surface area contributed by atoms with Crippen LogP contribution in [0.5, 0.6) is 5.75 Å². The molecule has 0 aliphatic rings. The second-order valence-corrected chi connectivity index (χ2v) is 4.93. The number of ketones is 2. The molecule has 1 aromatic carbocycles. The van der Waals surface area contributed by atoms with Crippen molar-refractivity contribution in [3.63, 3.8) is 0 Å². The molecule has 1 heterocycles. The molecule has 0 radical (unpaired) electrons. The summed E-state index contributed by atoms with van der Waals surface area (Å²) in [5.41, 5.74) is 1.63. The Morgan fingerprint density at radius 1 is 1.08 bits per heavy atom. The second kappa shape index (κ2) is 14.0. The third-order valence-electron chi connectivity index (χ3n) is 2.64. The van der Waals surface area contributed by atoms with Gasteiger partial charge in [-0.15, -0.1) is 0 Å². The predicted molar refractivity (Wildman–Crippen MR) is 90.3 cm³/mol. The molecule has 6 nitrogen and oxygen atoms in total. The number of nitrogens with zero attached hydrogens (tertiary/aromatic N) is 2. The van der Waals surface area contributed by atoms with Gasteiger partial charge in [-0.2, -0.15) is 0 Å². The van der Waals surface area contributed by atoms with E-state index in [1.54, 1.807) is 24.5 Å². The summed E-state index contributed by atoms with van der Waals surface area (Å²) in [5.74, 6) is 0.118. The third-order valence-corrected chi connectivity index (χ3v) is 2.64. The number of benzene rings is 1. The fourth-order valence-corrected chi connectivity index (χ4v) is 1.68. The van der Waals surface area contributed by atoms with Gasteiger partial charge in [0.05, 0.1) is 18.7 Å². The summed E-state index contributed by atoms with van der Waals surface area (Å²) < 4.78 is 8.19. The maximum absolute atomic E-state index is 10.0. The minimum absolute atomic E-state index is 0.0625. The molecule has 2 rings (SSSR count). The van der Waals surface area contributed by atoms with Gasteiger partial charge in [0.15, 0.2) is 0 Å². The molecule has 25 heavy (non-hydrogen) atoms. The van der Waals surface area contributed by atoms with Crippen LogP contribution in [0.4, 0.5) is 0 Å². The van der Waals surface area contributed by atoms with Crippen LogP contribution in [-0.4, -0.2) is 27.9 Å². The van der Waals surface area contributed by atoms with E-state index in [1.165, 1.54) is 13.8 Å². The SMILES string of the molecule is CC(=O)CC(C)=O.Oc1ccccc1C=NCc1ccccn1.[O]=[V]. The average molecular weight is 379 g/mol. The van der Waals surface area contributed by atoms with Gasteiger partial charge in [-0.05, 0) is 38.1 Å². The van der Waals surface area contributed by atoms with Gasteiger partial charge >= 0.3 is 21.0 Å². The number of carbonyl (C=O) groups is 2. The first-order valence-corrected chi connectivity index (χ1v) is 7.91. The van der Waals surface area contributed by atoms with E-state index in [0.29, 0.717) is 6.54 Å². The van der Waals surface area contributed by atoms with Crippen LogP contribution in [0, 0.1) is 0 Å². The van der Waals surface area contributed by atoms with Gasteiger partial charge < -0.3 is 5.11 Å². The fourth-order valence-electron chi connectivity index (χ4n) is 1.68. The number of phenols is 1. The molecule has 0 amide bonds. The fraction of sp³-hybridized carbons (Fsp3) is 0.222. The Hall–Kier alpha value is -2.44. The number of aromatic hydroxyl groups is 1. The third kappa shape index (κ3) is 11.7. The number of pyridine rings is 1. The van der Waals surface area contributed by atoms with Crippen molar-refractivity contribution in [3.8, 4) is 5.75 Å². The van der Waals surface area contributed by atoms with E-state index in [9.17, 15) is 14.7 Å². The molecule has 0 atom stereocenters. The number of para-hydroxylation sites is 1. The first kappa shape index (κ1) is 22.6. The molecule has 0 fully saturated rings. The Kier molecular flexibility index (Phi) is 12.6. The predicted octanol–water partition coefficient (Wildman–Crippen LogP) is 2.84. The van der Waals surface area contributed by atoms with Crippen LogP contribution in [0.25, 0.3) is 0 Å². The average Bonchev–Trinajstić information content (AvgIpc) is 2.59. The van der Waals surface area contributed by atoms with Gasteiger partial charge in [0, 0.05) is 18.0 Å². The number of carbonyl (C=O) groups excluding carboxylic acids is 2. The van der Waals surface area contributed by atoms with Crippen molar-refractivity contribution in [1.82, 2.24) is 4.98 Å². The van der Waals surface area contributed by atoms with E-state index in [1.807, 2.05) is 30.3 Å². The molecule has 131 valence electrons. The summed E-state index contributed by atoms with van der Waals surface area (Å²) in [6.07, 6.45) is 3.48. The molecule has 0 aliphatic heterocycles. The molecule has 7 heteroatoms. The summed E-state index contributed by atoms with van der Waals surface area (Å²) in [4.78, 5) is 28.4. The van der Waals surface area contributed by atoms with Crippen molar-refractivity contribution in [1.29, 1.82) is 0 Å². The molecule has 0 saturated carbocycles. The first-order valence-electron chi connectivity index (χ1n) is 7.34. The number of rotatable bonds is 5.